The van der Waals surface area contributed by atoms with Crippen LogP contribution in [0, 0.1) is 19.8 Å². The van der Waals surface area contributed by atoms with Crippen molar-refractivity contribution in [2.75, 3.05) is 5.32 Å². The molecule has 0 saturated heterocycles. The number of hydrogen-bond donors (Lipinski definition) is 2. The standard InChI is InChI=1S/C21H28N2S/c1-6-17-8-10-18(11-9-17)22-21(24)23-20(14(2)3)19-12-7-15(4)13-16(19)5/h7-14,20H,6H2,1-5H3,(H2,22,23,24)/t20-/m1/s1. The van der Waals surface area contributed by atoms with Crippen LogP contribution < -0.4 is 10.6 Å². The lowest BCUT2D eigenvalue weighted by Gasteiger charge is -2.26. The number of anilines is 1. The van der Waals surface area contributed by atoms with Gasteiger partial charge in [0.25, 0.3) is 0 Å². The van der Waals surface area contributed by atoms with Crippen LogP contribution in [0.5, 0.6) is 0 Å². The average Bonchev–Trinajstić information content (AvgIpc) is 2.54. The van der Waals surface area contributed by atoms with E-state index < -0.39 is 0 Å². The predicted octanol–water partition coefficient (Wildman–Crippen LogP) is 5.55. The van der Waals surface area contributed by atoms with Gasteiger partial charge in [0.05, 0.1) is 6.04 Å². The summed E-state index contributed by atoms with van der Waals surface area (Å²) in [5.74, 6) is 0.439. The third kappa shape index (κ3) is 4.81. The zero-order valence-electron chi connectivity index (χ0n) is 15.3. The highest BCUT2D eigenvalue weighted by molar-refractivity contribution is 7.80. The van der Waals surface area contributed by atoms with Gasteiger partial charge < -0.3 is 10.6 Å². The highest BCUT2D eigenvalue weighted by Gasteiger charge is 2.18. The minimum absolute atomic E-state index is 0.195. The number of nitrogens with one attached hydrogen (secondary N) is 2. The normalized spacial score (nSPS) is 12.1. The number of aryl methyl sites for hydroxylation is 3. The molecule has 3 heteroatoms. The molecule has 24 heavy (non-hydrogen) atoms. The van der Waals surface area contributed by atoms with E-state index in [-0.39, 0.29) is 6.04 Å². The summed E-state index contributed by atoms with van der Waals surface area (Å²) in [5, 5.41) is 7.45. The predicted molar refractivity (Wildman–Crippen MR) is 109 cm³/mol. The number of benzene rings is 2. The van der Waals surface area contributed by atoms with E-state index >= 15 is 0 Å². The molecular formula is C21H28N2S. The van der Waals surface area contributed by atoms with E-state index in [9.17, 15) is 0 Å². The summed E-state index contributed by atoms with van der Waals surface area (Å²) < 4.78 is 0. The molecule has 2 aromatic carbocycles. The highest BCUT2D eigenvalue weighted by atomic mass is 32.1. The van der Waals surface area contributed by atoms with Crippen LogP contribution in [0.4, 0.5) is 5.69 Å². The van der Waals surface area contributed by atoms with Gasteiger partial charge in [-0.05, 0) is 67.2 Å². The van der Waals surface area contributed by atoms with Crippen LogP contribution in [-0.4, -0.2) is 5.11 Å². The molecule has 0 aliphatic carbocycles. The van der Waals surface area contributed by atoms with Crippen LogP contribution in [-0.2, 0) is 6.42 Å². The minimum Gasteiger partial charge on any atom is -0.355 e. The molecule has 0 saturated carbocycles. The highest BCUT2D eigenvalue weighted by Crippen LogP contribution is 2.25. The molecule has 0 bridgehead atoms. The van der Waals surface area contributed by atoms with Gasteiger partial charge in [0.1, 0.15) is 0 Å². The average molecular weight is 341 g/mol. The van der Waals surface area contributed by atoms with Crippen LogP contribution in [0.25, 0.3) is 0 Å². The van der Waals surface area contributed by atoms with E-state index in [4.69, 9.17) is 12.2 Å². The molecule has 2 rings (SSSR count). The Kier molecular flexibility index (Phi) is 6.38. The number of thiocarbonyl (C=S) groups is 1. The summed E-state index contributed by atoms with van der Waals surface area (Å²) in [6.45, 7) is 10.9. The second kappa shape index (κ2) is 8.29. The van der Waals surface area contributed by atoms with Crippen LogP contribution in [0.1, 0.15) is 49.1 Å². The summed E-state index contributed by atoms with van der Waals surface area (Å²) in [5.41, 5.74) is 6.25. The van der Waals surface area contributed by atoms with Gasteiger partial charge in [-0.25, -0.2) is 0 Å². The Morgan fingerprint density at radius 3 is 2.25 bits per heavy atom. The minimum atomic E-state index is 0.195. The molecule has 0 amide bonds. The maximum Gasteiger partial charge on any atom is 0.171 e. The molecule has 1 atom stereocenters. The van der Waals surface area contributed by atoms with Crippen molar-refractivity contribution in [1.29, 1.82) is 0 Å². The third-order valence-electron chi connectivity index (χ3n) is 4.33. The van der Waals surface area contributed by atoms with E-state index in [1.165, 1.54) is 22.3 Å². The van der Waals surface area contributed by atoms with Crippen molar-refractivity contribution >= 4 is 23.0 Å². The molecule has 0 spiro atoms. The van der Waals surface area contributed by atoms with Crippen molar-refractivity contribution in [3.05, 3.63) is 64.7 Å². The van der Waals surface area contributed by atoms with E-state index in [0.29, 0.717) is 11.0 Å². The first kappa shape index (κ1) is 18.5. The molecule has 0 unspecified atom stereocenters. The second-order valence-electron chi connectivity index (χ2n) is 6.73. The van der Waals surface area contributed by atoms with Gasteiger partial charge in [-0.3, -0.25) is 0 Å². The fourth-order valence-corrected chi connectivity index (χ4v) is 3.16. The topological polar surface area (TPSA) is 24.1 Å². The van der Waals surface area contributed by atoms with Crippen molar-refractivity contribution in [3.63, 3.8) is 0 Å². The van der Waals surface area contributed by atoms with Gasteiger partial charge in [0.15, 0.2) is 5.11 Å². The summed E-state index contributed by atoms with van der Waals surface area (Å²) in [4.78, 5) is 0. The lowest BCUT2D eigenvalue weighted by molar-refractivity contribution is 0.471. The van der Waals surface area contributed by atoms with Crippen molar-refractivity contribution in [1.82, 2.24) is 5.32 Å². The summed E-state index contributed by atoms with van der Waals surface area (Å²) in [7, 11) is 0. The van der Waals surface area contributed by atoms with Gasteiger partial charge in [0, 0.05) is 5.69 Å². The second-order valence-corrected chi connectivity index (χ2v) is 7.14. The lowest BCUT2D eigenvalue weighted by Crippen LogP contribution is -2.35. The van der Waals surface area contributed by atoms with Crippen LogP contribution in [0.2, 0.25) is 0 Å². The van der Waals surface area contributed by atoms with Gasteiger partial charge in [-0.15, -0.1) is 0 Å². The summed E-state index contributed by atoms with van der Waals surface area (Å²) >= 11 is 5.54. The monoisotopic (exact) mass is 340 g/mol. The van der Waals surface area contributed by atoms with Gasteiger partial charge in [-0.2, -0.15) is 0 Å². The molecule has 0 heterocycles. The first-order chi connectivity index (χ1) is 11.4. The molecule has 0 fully saturated rings. The molecule has 0 aliphatic rings. The Balaban J connectivity index is 2.10. The molecule has 2 nitrogen and oxygen atoms in total. The molecule has 128 valence electrons. The molecule has 2 N–H and O–H groups in total. The lowest BCUT2D eigenvalue weighted by atomic mass is 9.92. The Labute approximate surface area is 151 Å². The van der Waals surface area contributed by atoms with E-state index in [1.54, 1.807) is 0 Å². The van der Waals surface area contributed by atoms with E-state index in [0.717, 1.165) is 12.1 Å². The zero-order chi connectivity index (χ0) is 17.7. The molecular weight excluding hydrogens is 312 g/mol. The van der Waals surface area contributed by atoms with Crippen molar-refractivity contribution in [3.8, 4) is 0 Å². The van der Waals surface area contributed by atoms with Gasteiger partial charge in [-0.1, -0.05) is 56.7 Å². The Hall–Kier alpha value is -1.87. The SMILES string of the molecule is CCc1ccc(NC(=S)N[C@@H](c2ccc(C)cc2C)C(C)C)cc1. The largest absolute Gasteiger partial charge is 0.355 e. The fourth-order valence-electron chi connectivity index (χ4n) is 2.91. The smallest absolute Gasteiger partial charge is 0.171 e. The number of hydrogen-bond acceptors (Lipinski definition) is 1. The van der Waals surface area contributed by atoms with Crippen LogP contribution in [0.15, 0.2) is 42.5 Å². The van der Waals surface area contributed by atoms with E-state index in [1.807, 2.05) is 0 Å². The first-order valence-corrected chi connectivity index (χ1v) is 9.05. The molecule has 0 aliphatic heterocycles. The zero-order valence-corrected chi connectivity index (χ0v) is 16.1. The van der Waals surface area contributed by atoms with Crippen molar-refractivity contribution in [2.45, 2.75) is 47.1 Å². The van der Waals surface area contributed by atoms with Gasteiger partial charge >= 0.3 is 0 Å². The van der Waals surface area contributed by atoms with Crippen molar-refractivity contribution < 1.29 is 0 Å². The Bertz CT molecular complexity index is 689. The summed E-state index contributed by atoms with van der Waals surface area (Å²) in [6.07, 6.45) is 1.05. The molecule has 0 aromatic heterocycles. The van der Waals surface area contributed by atoms with E-state index in [2.05, 4.69) is 87.7 Å². The first-order valence-electron chi connectivity index (χ1n) is 8.64. The van der Waals surface area contributed by atoms with Gasteiger partial charge in [0.2, 0.25) is 0 Å². The maximum atomic E-state index is 5.54. The fraction of sp³-hybridized carbons (Fsp3) is 0.381. The van der Waals surface area contributed by atoms with Crippen LogP contribution in [0.3, 0.4) is 0 Å². The quantitative estimate of drug-likeness (QED) is 0.698. The summed E-state index contributed by atoms with van der Waals surface area (Å²) in [6, 6.07) is 15.2. The van der Waals surface area contributed by atoms with Crippen molar-refractivity contribution in [2.24, 2.45) is 5.92 Å². The Morgan fingerprint density at radius 2 is 1.71 bits per heavy atom. The Morgan fingerprint density at radius 1 is 1.04 bits per heavy atom. The number of rotatable bonds is 5. The van der Waals surface area contributed by atoms with Crippen LogP contribution >= 0.6 is 12.2 Å². The maximum absolute atomic E-state index is 5.54. The molecule has 2 aromatic rings. The third-order valence-corrected chi connectivity index (χ3v) is 4.55. The molecule has 0 radical (unpaired) electrons.